The molecule has 0 aliphatic carbocycles. The lowest BCUT2D eigenvalue weighted by Crippen LogP contribution is -2.24. The van der Waals surface area contributed by atoms with E-state index in [-0.39, 0.29) is 35.1 Å². The van der Waals surface area contributed by atoms with E-state index in [2.05, 4.69) is 20.8 Å². The summed E-state index contributed by atoms with van der Waals surface area (Å²) in [5.41, 5.74) is 0.454. The predicted octanol–water partition coefficient (Wildman–Crippen LogP) is 2.44. The maximum atomic E-state index is 12.8. The van der Waals surface area contributed by atoms with Crippen LogP contribution in [0.25, 0.3) is 11.8 Å². The Morgan fingerprint density at radius 2 is 1.80 bits per heavy atom. The van der Waals surface area contributed by atoms with Gasteiger partial charge in [0.25, 0.3) is 5.91 Å². The van der Waals surface area contributed by atoms with Gasteiger partial charge in [0, 0.05) is 0 Å². The van der Waals surface area contributed by atoms with Crippen LogP contribution < -0.4 is 5.32 Å². The molecule has 0 radical (unpaired) electrons. The number of aryl methyl sites for hydroxylation is 2. The zero-order valence-electron chi connectivity index (χ0n) is 19.5. The van der Waals surface area contributed by atoms with Gasteiger partial charge in [-0.1, -0.05) is 30.3 Å². The van der Waals surface area contributed by atoms with E-state index in [0.717, 1.165) is 0 Å². The lowest BCUT2D eigenvalue weighted by Gasteiger charge is -2.09. The van der Waals surface area contributed by atoms with Gasteiger partial charge in [0.1, 0.15) is 11.3 Å². The Bertz CT molecular complexity index is 1290. The number of esters is 2. The smallest absolute Gasteiger partial charge is 0.357 e. The first-order valence-corrected chi connectivity index (χ1v) is 10.5. The molecule has 35 heavy (non-hydrogen) atoms. The molecular formula is C23H23N5O7. The van der Waals surface area contributed by atoms with Crippen molar-refractivity contribution < 1.29 is 33.1 Å². The molecule has 1 N–H and O–H groups in total. The van der Waals surface area contributed by atoms with Crippen LogP contribution in [0.1, 0.15) is 51.7 Å². The molecule has 12 nitrogen and oxygen atoms in total. The van der Waals surface area contributed by atoms with E-state index in [9.17, 15) is 19.2 Å². The molecule has 2 aromatic heterocycles. The fourth-order valence-electron chi connectivity index (χ4n) is 3.19. The van der Waals surface area contributed by atoms with Crippen molar-refractivity contribution in [3.8, 4) is 0 Å². The van der Waals surface area contributed by atoms with Crippen molar-refractivity contribution in [1.82, 2.24) is 20.2 Å². The molecule has 0 aliphatic rings. The molecule has 1 aromatic carbocycles. The van der Waals surface area contributed by atoms with Crippen LogP contribution in [0.5, 0.6) is 0 Å². The van der Waals surface area contributed by atoms with Gasteiger partial charge < -0.3 is 13.9 Å². The van der Waals surface area contributed by atoms with Gasteiger partial charge in [-0.15, -0.1) is 5.10 Å². The summed E-state index contributed by atoms with van der Waals surface area (Å²) >= 11 is 0. The number of nitrogens with zero attached hydrogens (tertiary/aromatic N) is 4. The average molecular weight is 481 g/mol. The van der Waals surface area contributed by atoms with E-state index < -0.39 is 30.2 Å². The molecule has 3 rings (SSSR count). The minimum absolute atomic E-state index is 0.00187. The van der Waals surface area contributed by atoms with E-state index >= 15 is 0 Å². The number of rotatable bonds is 9. The molecule has 0 saturated heterocycles. The zero-order chi connectivity index (χ0) is 25.5. The minimum Gasteiger partial charge on any atom is -0.462 e. The van der Waals surface area contributed by atoms with Crippen LogP contribution in [-0.2, 0) is 19.1 Å². The van der Waals surface area contributed by atoms with E-state index in [0.29, 0.717) is 11.4 Å². The van der Waals surface area contributed by atoms with Crippen LogP contribution in [0.2, 0.25) is 0 Å². The molecule has 2 heterocycles. The number of hydrogen-bond acceptors (Lipinski definition) is 10. The lowest BCUT2D eigenvalue weighted by atomic mass is 10.1. The maximum absolute atomic E-state index is 12.8. The number of Topliss-reactive ketones (excluding diaryl/α,β-unsaturated/α-hetero) is 1. The SMILES string of the molecule is CCOC(=O)c1c(NC(=O)COC(=O)/C(=C/c2ccccc2)n2nnnc2C)oc(C)c1C(C)=O. The first-order valence-electron chi connectivity index (χ1n) is 10.5. The molecule has 12 heteroatoms. The maximum Gasteiger partial charge on any atom is 0.357 e. The largest absolute Gasteiger partial charge is 0.462 e. The Hall–Kier alpha value is -4.61. The van der Waals surface area contributed by atoms with Crippen LogP contribution in [-0.4, -0.2) is 57.1 Å². The van der Waals surface area contributed by atoms with Gasteiger partial charge in [-0.25, -0.2) is 9.59 Å². The Kier molecular flexibility index (Phi) is 7.87. The first kappa shape index (κ1) is 25.0. The number of benzene rings is 1. The Balaban J connectivity index is 1.79. The number of carbonyl (C=O) groups is 4. The molecule has 0 aliphatic heterocycles. The summed E-state index contributed by atoms with van der Waals surface area (Å²) in [6.07, 6.45) is 1.51. The second kappa shape index (κ2) is 11.0. The van der Waals surface area contributed by atoms with Crippen molar-refractivity contribution in [3.05, 3.63) is 58.6 Å². The number of carbonyl (C=O) groups excluding carboxylic acids is 4. The van der Waals surface area contributed by atoms with E-state index in [4.69, 9.17) is 13.9 Å². The Morgan fingerprint density at radius 3 is 2.40 bits per heavy atom. The van der Waals surface area contributed by atoms with Crippen LogP contribution in [0.15, 0.2) is 34.7 Å². The third-order valence-electron chi connectivity index (χ3n) is 4.67. The van der Waals surface area contributed by atoms with Crippen molar-refractivity contribution in [3.63, 3.8) is 0 Å². The quantitative estimate of drug-likeness (QED) is 0.274. The van der Waals surface area contributed by atoms with Crippen molar-refractivity contribution in [2.24, 2.45) is 0 Å². The Morgan fingerprint density at radius 1 is 1.09 bits per heavy atom. The topological polar surface area (TPSA) is 156 Å². The van der Waals surface area contributed by atoms with Crippen LogP contribution in [0.3, 0.4) is 0 Å². The van der Waals surface area contributed by atoms with E-state index in [1.165, 1.54) is 24.6 Å². The number of nitrogens with one attached hydrogen (secondary N) is 1. The summed E-state index contributed by atoms with van der Waals surface area (Å²) < 4.78 is 16.7. The fraction of sp³-hybridized carbons (Fsp3) is 0.261. The number of furan rings is 1. The summed E-state index contributed by atoms with van der Waals surface area (Å²) in [5.74, 6) is -2.75. The molecule has 0 atom stereocenters. The van der Waals surface area contributed by atoms with E-state index in [1.807, 2.05) is 6.07 Å². The second-order valence-electron chi connectivity index (χ2n) is 7.22. The summed E-state index contributed by atoms with van der Waals surface area (Å²) in [7, 11) is 0. The summed E-state index contributed by atoms with van der Waals surface area (Å²) in [5, 5.41) is 13.5. The molecule has 0 fully saturated rings. The highest BCUT2D eigenvalue weighted by Gasteiger charge is 2.29. The lowest BCUT2D eigenvalue weighted by molar-refractivity contribution is -0.141. The molecule has 0 bridgehead atoms. The highest BCUT2D eigenvalue weighted by Crippen LogP contribution is 2.28. The normalized spacial score (nSPS) is 11.1. The molecule has 1 amide bonds. The number of ether oxygens (including phenoxy) is 2. The molecule has 182 valence electrons. The van der Waals surface area contributed by atoms with Crippen LogP contribution in [0.4, 0.5) is 5.88 Å². The minimum atomic E-state index is -0.870. The van der Waals surface area contributed by atoms with Crippen molar-refractivity contribution in [2.75, 3.05) is 18.5 Å². The van der Waals surface area contributed by atoms with Gasteiger partial charge in [-0.05, 0) is 49.8 Å². The Labute approximate surface area is 199 Å². The zero-order valence-corrected chi connectivity index (χ0v) is 19.5. The summed E-state index contributed by atoms with van der Waals surface area (Å²) in [6, 6.07) is 8.93. The van der Waals surface area contributed by atoms with Gasteiger partial charge >= 0.3 is 11.9 Å². The van der Waals surface area contributed by atoms with Gasteiger partial charge in [-0.3, -0.25) is 14.9 Å². The second-order valence-corrected chi connectivity index (χ2v) is 7.22. The third kappa shape index (κ3) is 5.85. The van der Waals surface area contributed by atoms with Crippen LogP contribution >= 0.6 is 0 Å². The molecule has 0 unspecified atom stereocenters. The van der Waals surface area contributed by atoms with Crippen LogP contribution in [0, 0.1) is 13.8 Å². The van der Waals surface area contributed by atoms with Crippen molar-refractivity contribution >= 4 is 41.3 Å². The van der Waals surface area contributed by atoms with Crippen molar-refractivity contribution in [2.45, 2.75) is 27.7 Å². The summed E-state index contributed by atoms with van der Waals surface area (Å²) in [6.45, 7) is 5.27. The number of amides is 1. The third-order valence-corrected chi connectivity index (χ3v) is 4.67. The van der Waals surface area contributed by atoms with Gasteiger partial charge in [0.15, 0.2) is 23.9 Å². The average Bonchev–Trinajstić information content (AvgIpc) is 3.39. The molecule has 0 saturated carbocycles. The first-order chi connectivity index (χ1) is 16.7. The summed E-state index contributed by atoms with van der Waals surface area (Å²) in [4.78, 5) is 49.7. The molecular weight excluding hydrogens is 458 g/mol. The number of hydrogen-bond donors (Lipinski definition) is 1. The number of tetrazole rings is 1. The predicted molar refractivity (Wildman–Crippen MR) is 122 cm³/mol. The standard InChI is InChI=1S/C23H23N5O7/c1-5-33-23(32)20-19(13(2)29)14(3)35-21(20)24-18(30)12-34-22(31)17(28-15(4)25-26-27-28)11-16-9-7-6-8-10-16/h6-11H,5,12H2,1-4H3,(H,24,30)/b17-11-. The van der Waals surface area contributed by atoms with Crippen molar-refractivity contribution in [1.29, 1.82) is 0 Å². The monoisotopic (exact) mass is 481 g/mol. The number of anilines is 1. The highest BCUT2D eigenvalue weighted by molar-refractivity contribution is 6.16. The van der Waals surface area contributed by atoms with Gasteiger partial charge in [-0.2, -0.15) is 4.68 Å². The highest BCUT2D eigenvalue weighted by atomic mass is 16.5. The van der Waals surface area contributed by atoms with E-state index in [1.54, 1.807) is 38.1 Å². The number of aromatic nitrogens is 4. The van der Waals surface area contributed by atoms with Gasteiger partial charge in [0.05, 0.1) is 12.2 Å². The molecule has 3 aromatic rings. The fourth-order valence-corrected chi connectivity index (χ4v) is 3.19. The van der Waals surface area contributed by atoms with Gasteiger partial charge in [0.2, 0.25) is 5.88 Å². The molecule has 0 spiro atoms. The number of ketones is 1.